The fourth-order valence-electron chi connectivity index (χ4n) is 3.85. The van der Waals surface area contributed by atoms with Crippen molar-refractivity contribution in [2.24, 2.45) is 0 Å². The molecular weight excluding hydrogens is 696 g/mol. The van der Waals surface area contributed by atoms with Gasteiger partial charge in [-0.1, -0.05) is 25.8 Å². The Morgan fingerprint density at radius 2 is 1.06 bits per heavy atom. The van der Waals surface area contributed by atoms with Gasteiger partial charge in [0.2, 0.25) is 0 Å². The molecule has 0 bridgehead atoms. The number of hydrogen-bond donors (Lipinski definition) is 2. The number of rotatable bonds is 28. The van der Waals surface area contributed by atoms with Crippen LogP contribution < -0.4 is 20.1 Å². The Morgan fingerprint density at radius 1 is 0.623 bits per heavy atom. The highest BCUT2D eigenvalue weighted by atomic mass is 16.6. The van der Waals surface area contributed by atoms with Gasteiger partial charge in [0.25, 0.3) is 6.47 Å². The molecule has 0 aliphatic heterocycles. The molecule has 1 aromatic rings. The first kappa shape index (κ1) is 45.5. The molecular formula is C37H52N2O14. The number of esters is 3. The lowest BCUT2D eigenvalue weighted by atomic mass is 10.2. The maximum absolute atomic E-state index is 12.5. The van der Waals surface area contributed by atoms with E-state index in [4.69, 9.17) is 37.9 Å². The van der Waals surface area contributed by atoms with Gasteiger partial charge in [0.15, 0.2) is 12.2 Å². The van der Waals surface area contributed by atoms with Crippen molar-refractivity contribution in [1.82, 2.24) is 10.6 Å². The lowest BCUT2D eigenvalue weighted by Gasteiger charge is -2.20. The fourth-order valence-corrected chi connectivity index (χ4v) is 3.85. The molecule has 1 aromatic carbocycles. The van der Waals surface area contributed by atoms with E-state index in [0.29, 0.717) is 74.3 Å². The van der Waals surface area contributed by atoms with Crippen molar-refractivity contribution < 1.29 is 66.7 Å². The van der Waals surface area contributed by atoms with E-state index >= 15 is 0 Å². The van der Waals surface area contributed by atoms with Crippen LogP contribution in [0.15, 0.2) is 60.7 Å². The van der Waals surface area contributed by atoms with Crippen molar-refractivity contribution in [3.05, 3.63) is 60.7 Å². The van der Waals surface area contributed by atoms with Crippen LogP contribution in [0.4, 0.5) is 9.59 Å². The smallest absolute Gasteiger partial charge is 0.407 e. The Labute approximate surface area is 310 Å². The second-order valence-electron chi connectivity index (χ2n) is 11.8. The zero-order valence-electron chi connectivity index (χ0n) is 30.8. The quantitative estimate of drug-likeness (QED) is 0.0399. The van der Waals surface area contributed by atoms with E-state index in [2.05, 4.69) is 30.4 Å². The Morgan fingerprint density at radius 3 is 1.49 bits per heavy atom. The highest BCUT2D eigenvalue weighted by Crippen LogP contribution is 2.20. The molecule has 0 saturated carbocycles. The van der Waals surface area contributed by atoms with Crippen LogP contribution in [-0.4, -0.2) is 102 Å². The SMILES string of the molecule is C=C(C)C(=O)OCCCCCNC(=O)OC(COC=O)COc1cccc(OCC(COC(=O)C(=C)C)OC(=O)NCCCCCOC(=O)C(=C)C)c1. The second kappa shape index (κ2) is 27.2. The number of carbonyl (C=O) groups excluding carboxylic acids is 6. The summed E-state index contributed by atoms with van der Waals surface area (Å²) < 4.78 is 42.4. The summed E-state index contributed by atoms with van der Waals surface area (Å²) in [7, 11) is 0. The summed E-state index contributed by atoms with van der Waals surface area (Å²) in [4.78, 5) is 70.4. The number of carbonyl (C=O) groups is 6. The lowest BCUT2D eigenvalue weighted by Crippen LogP contribution is -2.36. The summed E-state index contributed by atoms with van der Waals surface area (Å²) in [5.74, 6) is -0.908. The fraction of sp³-hybridized carbons (Fsp3) is 0.514. The first-order valence-corrected chi connectivity index (χ1v) is 17.1. The minimum absolute atomic E-state index is 0.165. The summed E-state index contributed by atoms with van der Waals surface area (Å²) in [6, 6.07) is 6.42. The molecule has 294 valence electrons. The van der Waals surface area contributed by atoms with Crippen LogP contribution in [0.5, 0.6) is 11.5 Å². The minimum Gasteiger partial charge on any atom is -0.489 e. The Kier molecular flexibility index (Phi) is 23.3. The second-order valence-corrected chi connectivity index (χ2v) is 11.8. The van der Waals surface area contributed by atoms with Crippen LogP contribution in [0.3, 0.4) is 0 Å². The number of benzene rings is 1. The summed E-state index contributed by atoms with van der Waals surface area (Å²) in [6.07, 6.45) is 0.431. The standard InChI is InChI=1S/C37H52N2O14/c1-26(2)33(41)47-18-11-7-9-16-38-36(44)52-31(21-46-25-40)22-49-29-14-13-15-30(20-29)50-23-32(24-51-35(43)28(5)6)53-37(45)39-17-10-8-12-19-48-34(42)27(3)4/h13-15,20,25,31-32H,1,3,5,7-12,16-19,21-24H2,2,4,6H3,(H,38,44)(H,39,45). The van der Waals surface area contributed by atoms with Gasteiger partial charge in [-0.15, -0.1) is 0 Å². The van der Waals surface area contributed by atoms with Gasteiger partial charge < -0.3 is 48.5 Å². The molecule has 0 aromatic heterocycles. The van der Waals surface area contributed by atoms with Gasteiger partial charge in [0, 0.05) is 35.9 Å². The van der Waals surface area contributed by atoms with Crippen LogP contribution >= 0.6 is 0 Å². The third-order valence-electron chi connectivity index (χ3n) is 6.67. The normalized spacial score (nSPS) is 11.4. The predicted octanol–water partition coefficient (Wildman–Crippen LogP) is 4.51. The minimum atomic E-state index is -0.986. The molecule has 16 nitrogen and oxygen atoms in total. The monoisotopic (exact) mass is 748 g/mol. The topological polar surface area (TPSA) is 200 Å². The molecule has 0 heterocycles. The summed E-state index contributed by atoms with van der Waals surface area (Å²) in [5, 5.41) is 5.24. The number of unbranched alkanes of at least 4 members (excludes halogenated alkanes) is 4. The van der Waals surface area contributed by atoms with E-state index in [1.54, 1.807) is 32.0 Å². The van der Waals surface area contributed by atoms with E-state index in [1.807, 2.05) is 0 Å². The van der Waals surface area contributed by atoms with Crippen molar-refractivity contribution in [3.63, 3.8) is 0 Å². The van der Waals surface area contributed by atoms with Crippen molar-refractivity contribution in [3.8, 4) is 11.5 Å². The van der Waals surface area contributed by atoms with Gasteiger partial charge in [-0.2, -0.15) is 0 Å². The molecule has 16 heteroatoms. The van der Waals surface area contributed by atoms with Crippen LogP contribution in [0, 0.1) is 0 Å². The molecule has 2 unspecified atom stereocenters. The number of hydrogen-bond acceptors (Lipinski definition) is 14. The molecule has 0 radical (unpaired) electrons. The third-order valence-corrected chi connectivity index (χ3v) is 6.67. The molecule has 2 N–H and O–H groups in total. The van der Waals surface area contributed by atoms with E-state index in [0.717, 1.165) is 0 Å². The van der Waals surface area contributed by atoms with Crippen molar-refractivity contribution >= 4 is 36.6 Å². The average molecular weight is 749 g/mol. The van der Waals surface area contributed by atoms with Crippen molar-refractivity contribution in [1.29, 1.82) is 0 Å². The molecule has 0 saturated heterocycles. The number of ether oxygens (including phenoxy) is 8. The van der Waals surface area contributed by atoms with E-state index in [1.165, 1.54) is 13.0 Å². The Hall–Kier alpha value is -5.54. The number of alkyl carbamates (subject to hydrolysis) is 2. The summed E-state index contributed by atoms with van der Waals surface area (Å²) >= 11 is 0. The van der Waals surface area contributed by atoms with E-state index < -0.39 is 42.3 Å². The maximum Gasteiger partial charge on any atom is 0.407 e. The van der Waals surface area contributed by atoms with Gasteiger partial charge in [-0.05, 0) is 71.4 Å². The molecule has 0 aliphatic carbocycles. The molecule has 2 amide bonds. The van der Waals surface area contributed by atoms with Gasteiger partial charge in [0.05, 0.1) is 13.2 Å². The molecule has 53 heavy (non-hydrogen) atoms. The number of nitrogens with one attached hydrogen (secondary N) is 2. The van der Waals surface area contributed by atoms with Crippen molar-refractivity contribution in [2.45, 2.75) is 71.5 Å². The summed E-state index contributed by atoms with van der Waals surface area (Å²) in [6.45, 7) is 15.6. The molecule has 0 fully saturated rings. The first-order chi connectivity index (χ1) is 25.3. The number of amides is 2. The highest BCUT2D eigenvalue weighted by Gasteiger charge is 2.20. The van der Waals surface area contributed by atoms with Crippen LogP contribution in [0.25, 0.3) is 0 Å². The molecule has 0 aliphatic rings. The van der Waals surface area contributed by atoms with Gasteiger partial charge in [0.1, 0.15) is 37.9 Å². The van der Waals surface area contributed by atoms with Gasteiger partial charge in [-0.3, -0.25) is 4.79 Å². The average Bonchev–Trinajstić information content (AvgIpc) is 3.12. The molecule has 2 atom stereocenters. The summed E-state index contributed by atoms with van der Waals surface area (Å²) in [5.41, 5.74) is 0.820. The van der Waals surface area contributed by atoms with Crippen LogP contribution in [-0.2, 0) is 47.6 Å². The predicted molar refractivity (Wildman–Crippen MR) is 191 cm³/mol. The molecule has 1 rings (SSSR count). The third kappa shape index (κ3) is 22.8. The highest BCUT2D eigenvalue weighted by molar-refractivity contribution is 5.87. The van der Waals surface area contributed by atoms with Crippen molar-refractivity contribution in [2.75, 3.05) is 52.7 Å². The first-order valence-electron chi connectivity index (χ1n) is 17.1. The van der Waals surface area contributed by atoms with Crippen LogP contribution in [0.1, 0.15) is 59.3 Å². The Balaban J connectivity index is 2.60. The largest absolute Gasteiger partial charge is 0.489 e. The van der Waals surface area contributed by atoms with Gasteiger partial charge >= 0.3 is 30.1 Å². The van der Waals surface area contributed by atoms with E-state index in [9.17, 15) is 28.8 Å². The lowest BCUT2D eigenvalue weighted by molar-refractivity contribution is -0.142. The van der Waals surface area contributed by atoms with Gasteiger partial charge in [-0.25, -0.2) is 24.0 Å². The zero-order chi connectivity index (χ0) is 39.4. The maximum atomic E-state index is 12.5. The van der Waals surface area contributed by atoms with Crippen LogP contribution in [0.2, 0.25) is 0 Å². The zero-order valence-corrected chi connectivity index (χ0v) is 30.8. The Bertz CT molecular complexity index is 1380. The van der Waals surface area contributed by atoms with E-state index in [-0.39, 0.29) is 51.7 Å². The molecule has 0 spiro atoms.